The van der Waals surface area contributed by atoms with Crippen LogP contribution < -0.4 is 21.7 Å². The van der Waals surface area contributed by atoms with Crippen molar-refractivity contribution in [2.45, 2.75) is 50.9 Å². The molecule has 0 aromatic heterocycles. The molecule has 0 aromatic carbocycles. The van der Waals surface area contributed by atoms with Crippen LogP contribution in [-0.2, 0) is 19.2 Å². The number of rotatable bonds is 14. The molecule has 0 radical (unpaired) electrons. The topological polar surface area (TPSA) is 171 Å². The lowest BCUT2D eigenvalue weighted by atomic mass is 10.0. The Morgan fingerprint density at radius 1 is 1.00 bits per heavy atom. The quantitative estimate of drug-likeness (QED) is 0.157. The summed E-state index contributed by atoms with van der Waals surface area (Å²) in [7, 11) is 0. The van der Waals surface area contributed by atoms with Crippen molar-refractivity contribution >= 4 is 48.1 Å². The molecule has 0 aliphatic heterocycles. The van der Waals surface area contributed by atoms with Crippen molar-refractivity contribution < 1.29 is 29.4 Å². The first-order valence-corrected chi connectivity index (χ1v) is 11.2. The van der Waals surface area contributed by atoms with Crippen molar-refractivity contribution in [3.05, 3.63) is 0 Å². The molecule has 4 unspecified atom stereocenters. The lowest BCUT2D eigenvalue weighted by Gasteiger charge is -2.23. The third-order valence-electron chi connectivity index (χ3n) is 3.92. The van der Waals surface area contributed by atoms with Crippen LogP contribution in [0.1, 0.15) is 26.7 Å². The van der Waals surface area contributed by atoms with Crippen LogP contribution in [0.2, 0.25) is 0 Å². The number of carboxylic acid groups (broad SMARTS) is 1. The largest absolute Gasteiger partial charge is 0.480 e. The highest BCUT2D eigenvalue weighted by molar-refractivity contribution is 7.98. The Hall–Kier alpha value is -1.50. The lowest BCUT2D eigenvalue weighted by molar-refractivity contribution is -0.142. The Bertz CT molecular complexity index is 564. The standard InChI is InChI=1S/C17H32N4O6S2/c1-9(2)6-10(18)14(23)20-12(7-22)15(24)21-13(8-28)16(25)19-11(17(26)27)4-5-29-3/h9-13,22,28H,4-8,18H2,1-3H3,(H,19,25)(H,20,23)(H,21,24)(H,26,27). The molecule has 0 saturated heterocycles. The number of amides is 3. The number of thiol groups is 1. The average Bonchev–Trinajstić information content (AvgIpc) is 2.65. The number of carboxylic acids is 1. The normalized spacial score (nSPS) is 15.1. The molecule has 0 rings (SSSR count). The van der Waals surface area contributed by atoms with E-state index in [1.807, 2.05) is 20.1 Å². The van der Waals surface area contributed by atoms with Crippen LogP contribution in [0.4, 0.5) is 0 Å². The van der Waals surface area contributed by atoms with Gasteiger partial charge in [0.15, 0.2) is 0 Å². The van der Waals surface area contributed by atoms with Gasteiger partial charge in [-0.05, 0) is 30.8 Å². The van der Waals surface area contributed by atoms with Crippen molar-refractivity contribution in [1.82, 2.24) is 16.0 Å². The Kier molecular flexibility index (Phi) is 13.7. The van der Waals surface area contributed by atoms with Gasteiger partial charge >= 0.3 is 5.97 Å². The van der Waals surface area contributed by atoms with Crippen molar-refractivity contribution in [3.63, 3.8) is 0 Å². The predicted octanol–water partition coefficient (Wildman–Crippen LogP) is -1.43. The molecule has 3 amide bonds. The summed E-state index contributed by atoms with van der Waals surface area (Å²) in [6.07, 6.45) is 2.44. The number of aliphatic hydroxyl groups excluding tert-OH is 1. The van der Waals surface area contributed by atoms with Crippen LogP contribution in [0.3, 0.4) is 0 Å². The van der Waals surface area contributed by atoms with Gasteiger partial charge in [-0.15, -0.1) is 0 Å². The number of thioether (sulfide) groups is 1. The van der Waals surface area contributed by atoms with Crippen LogP contribution in [0.15, 0.2) is 0 Å². The number of hydrogen-bond acceptors (Lipinski definition) is 8. The van der Waals surface area contributed by atoms with Crippen LogP contribution in [0.25, 0.3) is 0 Å². The van der Waals surface area contributed by atoms with Gasteiger partial charge in [0.1, 0.15) is 18.1 Å². The van der Waals surface area contributed by atoms with Crippen molar-refractivity contribution in [1.29, 1.82) is 0 Å². The fourth-order valence-corrected chi connectivity index (χ4v) is 3.05. The third kappa shape index (κ3) is 10.7. The summed E-state index contributed by atoms with van der Waals surface area (Å²) in [5.74, 6) is -2.71. The SMILES string of the molecule is CSCCC(NC(=O)C(CS)NC(=O)C(CO)NC(=O)C(N)CC(C)C)C(=O)O. The second-order valence-corrected chi connectivity index (χ2v) is 8.26. The molecule has 0 aliphatic carbocycles. The molecule has 0 heterocycles. The zero-order valence-corrected chi connectivity index (χ0v) is 18.6. The number of nitrogens with one attached hydrogen (secondary N) is 3. The van der Waals surface area contributed by atoms with E-state index in [1.165, 1.54) is 11.8 Å². The second kappa shape index (κ2) is 14.5. The Balaban J connectivity index is 4.93. The number of aliphatic carboxylic acids is 1. The lowest BCUT2D eigenvalue weighted by Crippen LogP contribution is -2.58. The Morgan fingerprint density at radius 3 is 1.97 bits per heavy atom. The summed E-state index contributed by atoms with van der Waals surface area (Å²) in [5.41, 5.74) is 5.76. The third-order valence-corrected chi connectivity index (χ3v) is 4.93. The van der Waals surface area contributed by atoms with E-state index in [9.17, 15) is 29.4 Å². The van der Waals surface area contributed by atoms with E-state index in [0.717, 1.165) is 0 Å². The van der Waals surface area contributed by atoms with E-state index < -0.39 is 54.5 Å². The molecule has 0 fully saturated rings. The first-order chi connectivity index (χ1) is 13.6. The van der Waals surface area contributed by atoms with Gasteiger partial charge in [0.25, 0.3) is 0 Å². The molecule has 7 N–H and O–H groups in total. The monoisotopic (exact) mass is 452 g/mol. The Labute approximate surface area is 180 Å². The van der Waals surface area contributed by atoms with Gasteiger partial charge in [-0.3, -0.25) is 14.4 Å². The summed E-state index contributed by atoms with van der Waals surface area (Å²) >= 11 is 5.46. The smallest absolute Gasteiger partial charge is 0.326 e. The number of nitrogens with two attached hydrogens (primary N) is 1. The summed E-state index contributed by atoms with van der Waals surface area (Å²) < 4.78 is 0. The highest BCUT2D eigenvalue weighted by Gasteiger charge is 2.29. The molecule has 0 saturated carbocycles. The predicted molar refractivity (Wildman–Crippen MR) is 115 cm³/mol. The number of carbonyl (C=O) groups is 4. The molecule has 168 valence electrons. The maximum absolute atomic E-state index is 12.4. The van der Waals surface area contributed by atoms with Crippen molar-refractivity contribution in [2.24, 2.45) is 11.7 Å². The fourth-order valence-electron chi connectivity index (χ4n) is 2.32. The maximum Gasteiger partial charge on any atom is 0.326 e. The molecule has 29 heavy (non-hydrogen) atoms. The van der Waals surface area contributed by atoms with Gasteiger partial charge in [0.2, 0.25) is 17.7 Å². The van der Waals surface area contributed by atoms with Crippen LogP contribution >= 0.6 is 24.4 Å². The molecule has 0 aromatic rings. The first-order valence-electron chi connectivity index (χ1n) is 9.17. The van der Waals surface area contributed by atoms with Crippen LogP contribution in [-0.4, -0.2) is 82.4 Å². The van der Waals surface area contributed by atoms with Crippen molar-refractivity contribution in [3.8, 4) is 0 Å². The van der Waals surface area contributed by atoms with Gasteiger partial charge in [0.05, 0.1) is 12.6 Å². The Morgan fingerprint density at radius 2 is 1.52 bits per heavy atom. The molecule has 0 spiro atoms. The minimum absolute atomic E-state index is 0.106. The van der Waals surface area contributed by atoms with Crippen molar-refractivity contribution in [2.75, 3.05) is 24.4 Å². The minimum atomic E-state index is -1.30. The zero-order valence-electron chi connectivity index (χ0n) is 16.9. The van der Waals surface area contributed by atoms with Crippen LogP contribution in [0, 0.1) is 5.92 Å². The molecule has 10 nitrogen and oxygen atoms in total. The molecule has 4 atom stereocenters. The molecular weight excluding hydrogens is 420 g/mol. The van der Waals surface area contributed by atoms with Gasteiger partial charge < -0.3 is 31.9 Å². The van der Waals surface area contributed by atoms with E-state index in [-0.39, 0.29) is 18.1 Å². The zero-order chi connectivity index (χ0) is 22.6. The summed E-state index contributed by atoms with van der Waals surface area (Å²) in [6.45, 7) is 3.09. The van der Waals surface area contributed by atoms with Gasteiger partial charge in [-0.1, -0.05) is 13.8 Å². The number of hydrogen-bond donors (Lipinski definition) is 7. The van der Waals surface area contributed by atoms with E-state index in [0.29, 0.717) is 12.2 Å². The van der Waals surface area contributed by atoms with E-state index >= 15 is 0 Å². The summed E-state index contributed by atoms with van der Waals surface area (Å²) in [6, 6.07) is -4.38. The van der Waals surface area contributed by atoms with E-state index in [1.54, 1.807) is 0 Å². The first kappa shape index (κ1) is 27.5. The number of carbonyl (C=O) groups excluding carboxylic acids is 3. The second-order valence-electron chi connectivity index (χ2n) is 6.90. The highest BCUT2D eigenvalue weighted by Crippen LogP contribution is 2.04. The number of aliphatic hydroxyl groups is 1. The van der Waals surface area contributed by atoms with Gasteiger partial charge in [0, 0.05) is 5.75 Å². The summed E-state index contributed by atoms with van der Waals surface area (Å²) in [4.78, 5) is 48.0. The van der Waals surface area contributed by atoms with E-state index in [4.69, 9.17) is 5.73 Å². The van der Waals surface area contributed by atoms with Gasteiger partial charge in [-0.2, -0.15) is 24.4 Å². The maximum atomic E-state index is 12.4. The molecular formula is C17H32N4O6S2. The minimum Gasteiger partial charge on any atom is -0.480 e. The highest BCUT2D eigenvalue weighted by atomic mass is 32.2. The average molecular weight is 453 g/mol. The van der Waals surface area contributed by atoms with E-state index in [2.05, 4.69) is 28.6 Å². The molecule has 0 bridgehead atoms. The fraction of sp³-hybridized carbons (Fsp3) is 0.765. The van der Waals surface area contributed by atoms with Gasteiger partial charge in [-0.25, -0.2) is 4.79 Å². The molecule has 0 aliphatic rings. The summed E-state index contributed by atoms with van der Waals surface area (Å²) in [5, 5.41) is 25.7. The molecule has 12 heteroatoms. The van der Waals surface area contributed by atoms with Crippen LogP contribution in [0.5, 0.6) is 0 Å².